The Morgan fingerprint density at radius 1 is 1.03 bits per heavy atom. The molecule has 2 aliphatic rings. The molecule has 2 aliphatic heterocycles. The maximum absolute atomic E-state index is 11.3. The van der Waals surface area contributed by atoms with Crippen molar-refractivity contribution in [2.45, 2.75) is 65.5 Å². The molecule has 5 rings (SSSR count). The van der Waals surface area contributed by atoms with Gasteiger partial charge in [-0.05, 0) is 63.3 Å². The predicted octanol–water partition coefficient (Wildman–Crippen LogP) is 4.77. The molecule has 2 fully saturated rings. The zero-order valence-corrected chi connectivity index (χ0v) is 22.9. The minimum atomic E-state index is -0.956. The fraction of sp³-hybridized carbons (Fsp3) is 0.483. The third-order valence-electron chi connectivity index (χ3n) is 7.70. The van der Waals surface area contributed by atoms with Crippen molar-refractivity contribution < 1.29 is 9.90 Å². The van der Waals surface area contributed by atoms with Crippen LogP contribution in [0, 0.1) is 6.92 Å². The van der Waals surface area contributed by atoms with Gasteiger partial charge >= 0.3 is 5.97 Å². The van der Waals surface area contributed by atoms with Gasteiger partial charge in [0.05, 0.1) is 11.3 Å². The summed E-state index contributed by atoms with van der Waals surface area (Å²) in [5, 5.41) is 9.30. The van der Waals surface area contributed by atoms with Crippen molar-refractivity contribution in [3.63, 3.8) is 0 Å². The van der Waals surface area contributed by atoms with E-state index in [2.05, 4.69) is 64.5 Å². The van der Waals surface area contributed by atoms with E-state index in [1.54, 1.807) is 6.07 Å². The van der Waals surface area contributed by atoms with Gasteiger partial charge in [0, 0.05) is 68.0 Å². The number of aromatic carboxylic acids is 1. The number of hydrogen-bond donors (Lipinski definition) is 1. The van der Waals surface area contributed by atoms with Crippen molar-refractivity contribution in [3.8, 4) is 11.3 Å². The first-order valence-electron chi connectivity index (χ1n) is 13.5. The number of anilines is 3. The molecule has 3 aromatic heterocycles. The number of carbonyl (C=O) groups is 1. The van der Waals surface area contributed by atoms with Crippen molar-refractivity contribution in [1.82, 2.24) is 19.9 Å². The number of carboxylic acids is 1. The van der Waals surface area contributed by atoms with Crippen LogP contribution in [0.4, 0.5) is 17.6 Å². The minimum absolute atomic E-state index is 0.180. The monoisotopic (exact) mass is 515 g/mol. The smallest absolute Gasteiger partial charge is 0.337 e. The zero-order valence-electron chi connectivity index (χ0n) is 22.9. The third-order valence-corrected chi connectivity index (χ3v) is 7.70. The Hall–Kier alpha value is -3.75. The van der Waals surface area contributed by atoms with Gasteiger partial charge in [-0.2, -0.15) is 4.98 Å². The number of carboxylic acid groups (broad SMARTS) is 1. The summed E-state index contributed by atoms with van der Waals surface area (Å²) in [6, 6.07) is 8.58. The lowest BCUT2D eigenvalue weighted by atomic mass is 10.1. The second kappa shape index (κ2) is 10.6. The SMILES string of the molecule is Cc1cc(C(=O)O)cnc1N1CCN(c2cc(-c3ccnc(C(C)C)c3)nc(N3CCCC3C)n2)[C@H](C)C1. The molecule has 0 spiro atoms. The summed E-state index contributed by atoms with van der Waals surface area (Å²) in [4.78, 5) is 37.5. The number of nitrogens with zero attached hydrogens (tertiary/aromatic N) is 7. The van der Waals surface area contributed by atoms with Gasteiger partial charge in [0.2, 0.25) is 5.95 Å². The van der Waals surface area contributed by atoms with Crippen LogP contribution >= 0.6 is 0 Å². The van der Waals surface area contributed by atoms with Crippen LogP contribution < -0.4 is 14.7 Å². The summed E-state index contributed by atoms with van der Waals surface area (Å²) >= 11 is 0. The number of hydrogen-bond acceptors (Lipinski definition) is 8. The fourth-order valence-electron chi connectivity index (χ4n) is 5.51. The van der Waals surface area contributed by atoms with Crippen LogP contribution in [0.5, 0.6) is 0 Å². The maximum atomic E-state index is 11.3. The van der Waals surface area contributed by atoms with E-state index < -0.39 is 5.97 Å². The first-order valence-corrected chi connectivity index (χ1v) is 13.5. The van der Waals surface area contributed by atoms with Gasteiger partial charge in [0.1, 0.15) is 11.6 Å². The number of aryl methyl sites for hydroxylation is 1. The summed E-state index contributed by atoms with van der Waals surface area (Å²) in [5.74, 6) is 1.95. The van der Waals surface area contributed by atoms with E-state index in [-0.39, 0.29) is 11.6 Å². The summed E-state index contributed by atoms with van der Waals surface area (Å²) in [7, 11) is 0. The molecular weight excluding hydrogens is 478 g/mol. The molecule has 200 valence electrons. The van der Waals surface area contributed by atoms with Gasteiger partial charge in [0.25, 0.3) is 0 Å². The van der Waals surface area contributed by atoms with E-state index in [1.165, 1.54) is 6.20 Å². The van der Waals surface area contributed by atoms with Crippen LogP contribution in [0.25, 0.3) is 11.3 Å². The van der Waals surface area contributed by atoms with Gasteiger partial charge in [-0.25, -0.2) is 14.8 Å². The number of piperazine rings is 1. The molecular formula is C29H37N7O2. The third kappa shape index (κ3) is 5.14. The first-order chi connectivity index (χ1) is 18.2. The standard InChI is InChI=1S/C29H37N7O2/c1-18(2)24-14-22(8-9-30-24)25-15-26(33-29(32-25)36-10-6-7-20(36)4)35-12-11-34(17-21(35)5)27-19(3)13-23(16-31-27)28(37)38/h8-9,13-16,18,20-21H,6-7,10-12,17H2,1-5H3,(H,37,38)/t20?,21-/m1/s1. The van der Waals surface area contributed by atoms with E-state index in [1.807, 2.05) is 19.2 Å². The lowest BCUT2D eigenvalue weighted by Gasteiger charge is -2.41. The molecule has 0 bridgehead atoms. The predicted molar refractivity (Wildman–Crippen MR) is 150 cm³/mol. The molecule has 0 aliphatic carbocycles. The molecule has 2 atom stereocenters. The van der Waals surface area contributed by atoms with Gasteiger partial charge in [-0.3, -0.25) is 4.98 Å². The first kappa shape index (κ1) is 25.9. The molecule has 3 aromatic rings. The largest absolute Gasteiger partial charge is 0.478 e. The average molecular weight is 516 g/mol. The summed E-state index contributed by atoms with van der Waals surface area (Å²) < 4.78 is 0. The molecule has 0 aromatic carbocycles. The molecule has 0 radical (unpaired) electrons. The Kier molecular flexibility index (Phi) is 7.19. The number of rotatable bonds is 6. The highest BCUT2D eigenvalue weighted by molar-refractivity contribution is 5.87. The van der Waals surface area contributed by atoms with E-state index in [9.17, 15) is 9.90 Å². The van der Waals surface area contributed by atoms with Crippen molar-refractivity contribution in [3.05, 3.63) is 53.5 Å². The fourth-order valence-corrected chi connectivity index (χ4v) is 5.51. The summed E-state index contributed by atoms with van der Waals surface area (Å²) in [6.45, 7) is 14.0. The minimum Gasteiger partial charge on any atom is -0.478 e. The van der Waals surface area contributed by atoms with Crippen LogP contribution in [0.2, 0.25) is 0 Å². The van der Waals surface area contributed by atoms with Crippen LogP contribution in [0.15, 0.2) is 36.7 Å². The summed E-state index contributed by atoms with van der Waals surface area (Å²) in [5.41, 5.74) is 4.12. The molecule has 0 saturated carbocycles. The highest BCUT2D eigenvalue weighted by Crippen LogP contribution is 2.32. The van der Waals surface area contributed by atoms with Gasteiger partial charge in [-0.1, -0.05) is 13.8 Å². The molecule has 9 heteroatoms. The van der Waals surface area contributed by atoms with Crippen LogP contribution in [0.3, 0.4) is 0 Å². The van der Waals surface area contributed by atoms with E-state index in [4.69, 9.17) is 9.97 Å². The Morgan fingerprint density at radius 2 is 1.84 bits per heavy atom. The topological polar surface area (TPSA) is 98.6 Å². The quantitative estimate of drug-likeness (QED) is 0.498. The molecule has 1 N–H and O–H groups in total. The molecule has 9 nitrogen and oxygen atoms in total. The number of pyridine rings is 2. The van der Waals surface area contributed by atoms with E-state index in [0.29, 0.717) is 12.0 Å². The van der Waals surface area contributed by atoms with Crippen molar-refractivity contribution in [2.24, 2.45) is 0 Å². The van der Waals surface area contributed by atoms with Gasteiger partial charge in [-0.15, -0.1) is 0 Å². The Balaban J connectivity index is 1.46. The molecule has 1 unspecified atom stereocenters. The Labute approximate surface area is 224 Å². The zero-order chi connectivity index (χ0) is 27.0. The highest BCUT2D eigenvalue weighted by Gasteiger charge is 2.29. The molecule has 0 amide bonds. The average Bonchev–Trinajstić information content (AvgIpc) is 3.34. The van der Waals surface area contributed by atoms with Crippen molar-refractivity contribution in [1.29, 1.82) is 0 Å². The normalized spacial score (nSPS) is 19.9. The molecule has 38 heavy (non-hydrogen) atoms. The second-order valence-electron chi connectivity index (χ2n) is 10.9. The van der Waals surface area contributed by atoms with Crippen LogP contribution in [0.1, 0.15) is 68.1 Å². The van der Waals surface area contributed by atoms with Crippen molar-refractivity contribution >= 4 is 23.6 Å². The Morgan fingerprint density at radius 3 is 2.50 bits per heavy atom. The Bertz CT molecular complexity index is 1330. The van der Waals surface area contributed by atoms with E-state index >= 15 is 0 Å². The van der Waals surface area contributed by atoms with Gasteiger partial charge < -0.3 is 19.8 Å². The van der Waals surface area contributed by atoms with Crippen molar-refractivity contribution in [2.75, 3.05) is 40.9 Å². The summed E-state index contributed by atoms with van der Waals surface area (Å²) in [6.07, 6.45) is 5.62. The van der Waals surface area contributed by atoms with Crippen LogP contribution in [-0.2, 0) is 0 Å². The molecule has 2 saturated heterocycles. The van der Waals surface area contributed by atoms with Gasteiger partial charge in [0.15, 0.2) is 0 Å². The van der Waals surface area contributed by atoms with E-state index in [0.717, 1.165) is 79.1 Å². The highest BCUT2D eigenvalue weighted by atomic mass is 16.4. The lowest BCUT2D eigenvalue weighted by molar-refractivity contribution is 0.0696. The molecule has 5 heterocycles. The second-order valence-corrected chi connectivity index (χ2v) is 10.9. The number of aromatic nitrogens is 4. The maximum Gasteiger partial charge on any atom is 0.337 e. The van der Waals surface area contributed by atoms with Crippen LogP contribution in [-0.4, -0.2) is 69.3 Å². The lowest BCUT2D eigenvalue weighted by Crippen LogP contribution is -2.53.